The standard InChI is InChI=1S/C17H21N5/c1-2-9-18-16-12-17(20-13-19-16)21-14-5-7-15(8-6-14)22-10-3-4-11-22/h2,5-8,12-13H,1,3-4,9-11H2,(H2,18,19,20,21). The Labute approximate surface area is 131 Å². The maximum atomic E-state index is 4.24. The van der Waals surface area contributed by atoms with Crippen LogP contribution in [0.25, 0.3) is 0 Å². The van der Waals surface area contributed by atoms with Crippen molar-refractivity contribution in [3.63, 3.8) is 0 Å². The zero-order chi connectivity index (χ0) is 15.2. The molecular formula is C17H21N5. The van der Waals surface area contributed by atoms with Gasteiger partial charge in [0, 0.05) is 37.1 Å². The van der Waals surface area contributed by atoms with Gasteiger partial charge in [0.2, 0.25) is 0 Å². The quantitative estimate of drug-likeness (QED) is 0.800. The number of aromatic nitrogens is 2. The van der Waals surface area contributed by atoms with Crippen LogP contribution in [0.1, 0.15) is 12.8 Å². The fraction of sp³-hybridized carbons (Fsp3) is 0.294. The van der Waals surface area contributed by atoms with E-state index in [0.717, 1.165) is 30.4 Å². The molecule has 0 bridgehead atoms. The minimum Gasteiger partial charge on any atom is -0.372 e. The first-order valence-electron chi connectivity index (χ1n) is 7.64. The topological polar surface area (TPSA) is 53.1 Å². The van der Waals surface area contributed by atoms with Gasteiger partial charge in [0.15, 0.2) is 0 Å². The highest BCUT2D eigenvalue weighted by Gasteiger charge is 2.11. The van der Waals surface area contributed by atoms with Gasteiger partial charge in [-0.2, -0.15) is 0 Å². The normalized spacial score (nSPS) is 13.9. The van der Waals surface area contributed by atoms with Crippen molar-refractivity contribution in [3.05, 3.63) is 49.3 Å². The molecule has 0 spiro atoms. The van der Waals surface area contributed by atoms with Crippen molar-refractivity contribution < 1.29 is 0 Å². The molecule has 114 valence electrons. The maximum Gasteiger partial charge on any atom is 0.135 e. The van der Waals surface area contributed by atoms with Crippen LogP contribution >= 0.6 is 0 Å². The lowest BCUT2D eigenvalue weighted by Crippen LogP contribution is -2.17. The van der Waals surface area contributed by atoms with Crippen LogP contribution in [-0.2, 0) is 0 Å². The lowest BCUT2D eigenvalue weighted by atomic mass is 10.2. The van der Waals surface area contributed by atoms with Gasteiger partial charge in [-0.1, -0.05) is 6.08 Å². The van der Waals surface area contributed by atoms with E-state index in [1.165, 1.54) is 18.5 Å². The van der Waals surface area contributed by atoms with Crippen molar-refractivity contribution in [2.75, 3.05) is 35.2 Å². The number of anilines is 4. The third kappa shape index (κ3) is 3.55. The summed E-state index contributed by atoms with van der Waals surface area (Å²) in [5.41, 5.74) is 2.32. The summed E-state index contributed by atoms with van der Waals surface area (Å²) < 4.78 is 0. The van der Waals surface area contributed by atoms with Crippen molar-refractivity contribution in [2.45, 2.75) is 12.8 Å². The third-order valence-corrected chi connectivity index (χ3v) is 3.71. The Balaban J connectivity index is 1.66. The fourth-order valence-electron chi connectivity index (χ4n) is 2.58. The second-order valence-corrected chi connectivity index (χ2v) is 5.32. The summed E-state index contributed by atoms with van der Waals surface area (Å²) in [6, 6.07) is 10.4. The fourth-order valence-corrected chi connectivity index (χ4v) is 2.58. The van der Waals surface area contributed by atoms with Gasteiger partial charge in [0.25, 0.3) is 0 Å². The lowest BCUT2D eigenvalue weighted by molar-refractivity contribution is 0.949. The average molecular weight is 295 g/mol. The monoisotopic (exact) mass is 295 g/mol. The summed E-state index contributed by atoms with van der Waals surface area (Å²) in [5.74, 6) is 1.56. The van der Waals surface area contributed by atoms with E-state index in [4.69, 9.17) is 0 Å². The van der Waals surface area contributed by atoms with E-state index in [1.807, 2.05) is 6.07 Å². The van der Waals surface area contributed by atoms with E-state index in [2.05, 4.69) is 56.3 Å². The van der Waals surface area contributed by atoms with Gasteiger partial charge in [-0.05, 0) is 37.1 Å². The SMILES string of the molecule is C=CCNc1cc(Nc2ccc(N3CCCC3)cc2)ncn1. The highest BCUT2D eigenvalue weighted by Crippen LogP contribution is 2.23. The molecule has 3 rings (SSSR count). The van der Waals surface area contributed by atoms with E-state index in [0.29, 0.717) is 6.54 Å². The van der Waals surface area contributed by atoms with Gasteiger partial charge in [-0.3, -0.25) is 0 Å². The summed E-state index contributed by atoms with van der Waals surface area (Å²) in [7, 11) is 0. The highest BCUT2D eigenvalue weighted by atomic mass is 15.1. The van der Waals surface area contributed by atoms with Crippen molar-refractivity contribution >= 4 is 23.0 Å². The van der Waals surface area contributed by atoms with Gasteiger partial charge in [-0.15, -0.1) is 6.58 Å². The minimum atomic E-state index is 0.682. The molecule has 0 atom stereocenters. The molecule has 2 N–H and O–H groups in total. The molecular weight excluding hydrogens is 274 g/mol. The number of nitrogens with one attached hydrogen (secondary N) is 2. The number of rotatable bonds is 6. The van der Waals surface area contributed by atoms with E-state index >= 15 is 0 Å². The van der Waals surface area contributed by atoms with Crippen LogP contribution in [-0.4, -0.2) is 29.6 Å². The van der Waals surface area contributed by atoms with Crippen LogP contribution in [0, 0.1) is 0 Å². The van der Waals surface area contributed by atoms with E-state index in [-0.39, 0.29) is 0 Å². The zero-order valence-corrected chi connectivity index (χ0v) is 12.6. The van der Waals surface area contributed by atoms with Gasteiger partial charge in [-0.25, -0.2) is 9.97 Å². The smallest absolute Gasteiger partial charge is 0.135 e. The zero-order valence-electron chi connectivity index (χ0n) is 12.6. The Hall–Kier alpha value is -2.56. The Bertz CT molecular complexity index is 617. The first-order valence-corrected chi connectivity index (χ1v) is 7.64. The Morgan fingerprint density at radius 1 is 1.09 bits per heavy atom. The lowest BCUT2D eigenvalue weighted by Gasteiger charge is -2.17. The van der Waals surface area contributed by atoms with Gasteiger partial charge < -0.3 is 15.5 Å². The van der Waals surface area contributed by atoms with Crippen molar-refractivity contribution in [2.24, 2.45) is 0 Å². The second-order valence-electron chi connectivity index (χ2n) is 5.32. The number of benzene rings is 1. The van der Waals surface area contributed by atoms with Gasteiger partial charge in [0.1, 0.15) is 18.0 Å². The van der Waals surface area contributed by atoms with E-state index < -0.39 is 0 Å². The molecule has 1 aromatic carbocycles. The molecule has 1 saturated heterocycles. The first kappa shape index (κ1) is 14.4. The van der Waals surface area contributed by atoms with Crippen LogP contribution in [0.5, 0.6) is 0 Å². The molecule has 1 aliphatic rings. The maximum absolute atomic E-state index is 4.24. The average Bonchev–Trinajstić information content (AvgIpc) is 3.08. The molecule has 5 nitrogen and oxygen atoms in total. The molecule has 2 aromatic rings. The molecule has 2 heterocycles. The Morgan fingerprint density at radius 2 is 1.82 bits per heavy atom. The first-order chi connectivity index (χ1) is 10.8. The molecule has 0 saturated carbocycles. The van der Waals surface area contributed by atoms with Crippen LogP contribution in [0.4, 0.5) is 23.0 Å². The summed E-state index contributed by atoms with van der Waals surface area (Å²) in [4.78, 5) is 10.8. The molecule has 5 heteroatoms. The van der Waals surface area contributed by atoms with E-state index in [1.54, 1.807) is 12.4 Å². The summed E-state index contributed by atoms with van der Waals surface area (Å²) in [5, 5.41) is 6.45. The largest absolute Gasteiger partial charge is 0.372 e. The van der Waals surface area contributed by atoms with Gasteiger partial charge >= 0.3 is 0 Å². The number of hydrogen-bond donors (Lipinski definition) is 2. The molecule has 0 amide bonds. The summed E-state index contributed by atoms with van der Waals surface area (Å²) in [6.07, 6.45) is 5.93. The summed E-state index contributed by atoms with van der Waals surface area (Å²) >= 11 is 0. The van der Waals surface area contributed by atoms with Crippen molar-refractivity contribution in [3.8, 4) is 0 Å². The van der Waals surface area contributed by atoms with Crippen LogP contribution in [0.2, 0.25) is 0 Å². The molecule has 0 radical (unpaired) electrons. The molecule has 0 unspecified atom stereocenters. The van der Waals surface area contributed by atoms with Crippen molar-refractivity contribution in [1.29, 1.82) is 0 Å². The van der Waals surface area contributed by atoms with Crippen LogP contribution in [0.15, 0.2) is 49.3 Å². The predicted octanol–water partition coefficient (Wildman–Crippen LogP) is 3.42. The van der Waals surface area contributed by atoms with Crippen LogP contribution in [0.3, 0.4) is 0 Å². The molecule has 22 heavy (non-hydrogen) atoms. The molecule has 1 aliphatic heterocycles. The highest BCUT2D eigenvalue weighted by molar-refractivity contribution is 5.62. The summed E-state index contributed by atoms with van der Waals surface area (Å²) in [6.45, 7) is 6.69. The van der Waals surface area contributed by atoms with Gasteiger partial charge in [0.05, 0.1) is 0 Å². The third-order valence-electron chi connectivity index (χ3n) is 3.71. The van der Waals surface area contributed by atoms with E-state index in [9.17, 15) is 0 Å². The Kier molecular flexibility index (Phi) is 4.53. The second kappa shape index (κ2) is 6.93. The number of nitrogens with zero attached hydrogens (tertiary/aromatic N) is 3. The van der Waals surface area contributed by atoms with Crippen molar-refractivity contribution in [1.82, 2.24) is 9.97 Å². The molecule has 1 aromatic heterocycles. The molecule has 0 aliphatic carbocycles. The predicted molar refractivity (Wildman–Crippen MR) is 91.9 cm³/mol. The molecule has 1 fully saturated rings. The Morgan fingerprint density at radius 3 is 2.55 bits per heavy atom. The van der Waals surface area contributed by atoms with Crippen LogP contribution < -0.4 is 15.5 Å². The minimum absolute atomic E-state index is 0.682. The number of hydrogen-bond acceptors (Lipinski definition) is 5.